The predicted octanol–water partition coefficient (Wildman–Crippen LogP) is 3.90. The second kappa shape index (κ2) is 9.29. The number of thiophene rings is 1. The highest BCUT2D eigenvalue weighted by molar-refractivity contribution is 7.18. The average molecular weight is 435 g/mol. The Morgan fingerprint density at radius 3 is 2.63 bits per heavy atom. The highest BCUT2D eigenvalue weighted by atomic mass is 32.1. The Hall–Kier alpha value is -2.22. The third-order valence-corrected chi connectivity index (χ3v) is 6.55. The quantitative estimate of drug-likeness (QED) is 0.614. The molecule has 0 fully saturated rings. The standard InChI is InChI=1S/C22H30N2O5S/c1-6-15(22(27)29-11-12(3)4)24-13(5)23-19-18(20(24)25)17-14(21(26)28-7-2)9-8-10-16(17)30-19/h12,14-15H,6-11H2,1-5H3. The van der Waals surface area contributed by atoms with Gasteiger partial charge in [-0.05, 0) is 51.0 Å². The Morgan fingerprint density at radius 1 is 1.27 bits per heavy atom. The first kappa shape index (κ1) is 22.5. The fourth-order valence-corrected chi connectivity index (χ4v) is 5.35. The van der Waals surface area contributed by atoms with Crippen molar-refractivity contribution in [3.63, 3.8) is 0 Å². The van der Waals surface area contributed by atoms with E-state index < -0.39 is 17.9 Å². The third kappa shape index (κ3) is 4.15. The molecule has 2 heterocycles. The lowest BCUT2D eigenvalue weighted by molar-refractivity contribution is -0.149. The van der Waals surface area contributed by atoms with Gasteiger partial charge in [-0.3, -0.25) is 14.2 Å². The SMILES string of the molecule is CCOC(=O)C1CCCc2sc3nc(C)n(C(CC)C(=O)OCC(C)C)c(=O)c3c21. The number of aryl methyl sites for hydroxylation is 2. The van der Waals surface area contributed by atoms with Crippen molar-refractivity contribution in [2.45, 2.75) is 72.3 Å². The lowest BCUT2D eigenvalue weighted by Crippen LogP contribution is -2.34. The van der Waals surface area contributed by atoms with Gasteiger partial charge in [0.2, 0.25) is 0 Å². The highest BCUT2D eigenvalue weighted by Gasteiger charge is 2.34. The van der Waals surface area contributed by atoms with Gasteiger partial charge >= 0.3 is 11.9 Å². The lowest BCUT2D eigenvalue weighted by atomic mass is 9.86. The molecular formula is C22H30N2O5S. The molecule has 0 saturated carbocycles. The van der Waals surface area contributed by atoms with Crippen LogP contribution >= 0.6 is 11.3 Å². The van der Waals surface area contributed by atoms with E-state index in [0.717, 1.165) is 23.3 Å². The molecule has 0 amide bonds. The summed E-state index contributed by atoms with van der Waals surface area (Å²) in [6, 6.07) is -0.742. The summed E-state index contributed by atoms with van der Waals surface area (Å²) in [6.07, 6.45) is 2.76. The number of hydrogen-bond donors (Lipinski definition) is 0. The van der Waals surface area contributed by atoms with Crippen molar-refractivity contribution in [3.05, 3.63) is 26.6 Å². The normalized spacial score (nSPS) is 17.1. The second-order valence-electron chi connectivity index (χ2n) is 8.10. The Morgan fingerprint density at radius 2 is 2.00 bits per heavy atom. The number of nitrogens with zero attached hydrogens (tertiary/aromatic N) is 2. The molecule has 30 heavy (non-hydrogen) atoms. The van der Waals surface area contributed by atoms with Crippen molar-refractivity contribution < 1.29 is 19.1 Å². The molecule has 2 atom stereocenters. The minimum atomic E-state index is -0.742. The van der Waals surface area contributed by atoms with Crippen LogP contribution in [0.1, 0.15) is 75.2 Å². The van der Waals surface area contributed by atoms with Crippen molar-refractivity contribution in [2.24, 2.45) is 5.92 Å². The van der Waals surface area contributed by atoms with Crippen molar-refractivity contribution >= 4 is 33.5 Å². The number of ether oxygens (including phenoxy) is 2. The van der Waals surface area contributed by atoms with E-state index in [1.165, 1.54) is 15.9 Å². The van der Waals surface area contributed by atoms with Crippen molar-refractivity contribution in [1.82, 2.24) is 9.55 Å². The number of esters is 2. The van der Waals surface area contributed by atoms with Gasteiger partial charge in [0, 0.05) is 4.88 Å². The smallest absolute Gasteiger partial charge is 0.329 e. The summed E-state index contributed by atoms with van der Waals surface area (Å²) in [5, 5.41) is 0.452. The van der Waals surface area contributed by atoms with Gasteiger partial charge in [-0.25, -0.2) is 9.78 Å². The first-order valence-electron chi connectivity index (χ1n) is 10.7. The first-order valence-corrected chi connectivity index (χ1v) is 11.5. The first-order chi connectivity index (χ1) is 14.3. The predicted molar refractivity (Wildman–Crippen MR) is 116 cm³/mol. The largest absolute Gasteiger partial charge is 0.466 e. The van der Waals surface area contributed by atoms with Crippen LogP contribution < -0.4 is 5.56 Å². The van der Waals surface area contributed by atoms with Crippen LogP contribution in [0, 0.1) is 12.8 Å². The molecule has 1 aliphatic carbocycles. The van der Waals surface area contributed by atoms with Gasteiger partial charge in [0.05, 0.1) is 24.5 Å². The number of carbonyl (C=O) groups excluding carboxylic acids is 2. The van der Waals surface area contributed by atoms with Crippen LogP contribution in [-0.2, 0) is 25.5 Å². The van der Waals surface area contributed by atoms with Crippen molar-refractivity contribution in [2.75, 3.05) is 13.2 Å². The van der Waals surface area contributed by atoms with E-state index in [0.29, 0.717) is 42.1 Å². The monoisotopic (exact) mass is 434 g/mol. The van der Waals surface area contributed by atoms with Crippen LogP contribution in [0.25, 0.3) is 10.2 Å². The molecule has 3 rings (SSSR count). The maximum absolute atomic E-state index is 13.6. The summed E-state index contributed by atoms with van der Waals surface area (Å²) in [7, 11) is 0. The molecule has 1 aliphatic rings. The Bertz CT molecular complexity index is 1010. The zero-order chi connectivity index (χ0) is 22.0. The molecule has 2 unspecified atom stereocenters. The number of hydrogen-bond acceptors (Lipinski definition) is 7. The molecule has 0 aliphatic heterocycles. The average Bonchev–Trinajstić information content (AvgIpc) is 3.07. The van der Waals surface area contributed by atoms with Crippen molar-refractivity contribution in [1.29, 1.82) is 0 Å². The summed E-state index contributed by atoms with van der Waals surface area (Å²) in [4.78, 5) is 45.2. The van der Waals surface area contributed by atoms with Gasteiger partial charge in [0.15, 0.2) is 0 Å². The molecule has 2 aromatic heterocycles. The molecule has 164 valence electrons. The third-order valence-electron chi connectivity index (χ3n) is 5.39. The van der Waals surface area contributed by atoms with E-state index in [4.69, 9.17) is 9.47 Å². The Labute approximate surface area is 180 Å². The maximum atomic E-state index is 13.6. The van der Waals surface area contributed by atoms with Crippen molar-refractivity contribution in [3.8, 4) is 0 Å². The van der Waals surface area contributed by atoms with Crippen LogP contribution in [0.15, 0.2) is 4.79 Å². The summed E-state index contributed by atoms with van der Waals surface area (Å²) in [5.74, 6) is -0.496. The van der Waals surface area contributed by atoms with E-state index in [1.807, 2.05) is 20.8 Å². The topological polar surface area (TPSA) is 87.5 Å². The van der Waals surface area contributed by atoms with Gasteiger partial charge in [-0.1, -0.05) is 20.8 Å². The van der Waals surface area contributed by atoms with Gasteiger partial charge in [-0.2, -0.15) is 0 Å². The van der Waals surface area contributed by atoms with E-state index in [1.54, 1.807) is 13.8 Å². The summed E-state index contributed by atoms with van der Waals surface area (Å²) in [6.45, 7) is 9.90. The van der Waals surface area contributed by atoms with E-state index in [2.05, 4.69) is 4.98 Å². The molecule has 7 nitrogen and oxygen atoms in total. The number of carbonyl (C=O) groups is 2. The van der Waals surface area contributed by atoms with Crippen LogP contribution in [0.3, 0.4) is 0 Å². The van der Waals surface area contributed by atoms with E-state index in [9.17, 15) is 14.4 Å². The van der Waals surface area contributed by atoms with Gasteiger partial charge in [0.1, 0.15) is 16.7 Å². The summed E-state index contributed by atoms with van der Waals surface area (Å²) >= 11 is 1.47. The molecule has 0 saturated heterocycles. The molecule has 0 N–H and O–H groups in total. The lowest BCUT2D eigenvalue weighted by Gasteiger charge is -2.22. The minimum Gasteiger partial charge on any atom is -0.466 e. The molecule has 0 aromatic carbocycles. The van der Waals surface area contributed by atoms with E-state index >= 15 is 0 Å². The van der Waals surface area contributed by atoms with E-state index in [-0.39, 0.29) is 17.4 Å². The van der Waals surface area contributed by atoms with Crippen LogP contribution in [0.2, 0.25) is 0 Å². The molecule has 2 aromatic rings. The fourth-order valence-electron chi connectivity index (χ4n) is 4.04. The van der Waals surface area contributed by atoms with Crippen LogP contribution in [0.5, 0.6) is 0 Å². The molecule has 8 heteroatoms. The number of fused-ring (bicyclic) bond motifs is 3. The molecular weight excluding hydrogens is 404 g/mol. The summed E-state index contributed by atoms with van der Waals surface area (Å²) < 4.78 is 12.1. The second-order valence-corrected chi connectivity index (χ2v) is 9.18. The summed E-state index contributed by atoms with van der Waals surface area (Å²) in [5.41, 5.74) is 0.468. The molecule has 0 spiro atoms. The van der Waals surface area contributed by atoms with Gasteiger partial charge in [0.25, 0.3) is 5.56 Å². The molecule has 0 bridgehead atoms. The zero-order valence-corrected chi connectivity index (χ0v) is 19.1. The fraction of sp³-hybridized carbons (Fsp3) is 0.636. The Balaban J connectivity index is 2.14. The number of rotatable bonds is 7. The highest BCUT2D eigenvalue weighted by Crippen LogP contribution is 2.41. The Kier molecular flexibility index (Phi) is 6.95. The van der Waals surface area contributed by atoms with Crippen LogP contribution in [-0.4, -0.2) is 34.7 Å². The molecule has 0 radical (unpaired) electrons. The van der Waals surface area contributed by atoms with Crippen LogP contribution in [0.4, 0.5) is 0 Å². The number of aromatic nitrogens is 2. The zero-order valence-electron chi connectivity index (χ0n) is 18.3. The maximum Gasteiger partial charge on any atom is 0.329 e. The minimum absolute atomic E-state index is 0.208. The van der Waals surface area contributed by atoms with Gasteiger partial charge < -0.3 is 9.47 Å². The van der Waals surface area contributed by atoms with Gasteiger partial charge in [-0.15, -0.1) is 11.3 Å².